The highest BCUT2D eigenvalue weighted by molar-refractivity contribution is 6.30. The first-order chi connectivity index (χ1) is 14.4. The predicted octanol–water partition coefficient (Wildman–Crippen LogP) is 3.96. The second kappa shape index (κ2) is 12.7. The number of carbonyl (C=O) groups excluding carboxylic acids is 1. The lowest BCUT2D eigenvalue weighted by Gasteiger charge is -2.26. The molecule has 2 rings (SSSR count). The van der Waals surface area contributed by atoms with E-state index < -0.39 is 5.82 Å². The molecule has 0 saturated carbocycles. The van der Waals surface area contributed by atoms with E-state index >= 15 is 0 Å². The van der Waals surface area contributed by atoms with Gasteiger partial charge in [-0.1, -0.05) is 36.7 Å². The fraction of sp³-hybridized carbons (Fsp3) is 0.522. The van der Waals surface area contributed by atoms with Gasteiger partial charge in [-0.2, -0.15) is 0 Å². The Labute approximate surface area is 184 Å². The highest BCUT2D eigenvalue weighted by Crippen LogP contribution is 2.16. The summed E-state index contributed by atoms with van der Waals surface area (Å²) in [5.74, 6) is -0.542. The number of hydrogen-bond donors (Lipinski definition) is 3. The third-order valence-corrected chi connectivity index (χ3v) is 5.71. The molecule has 1 heterocycles. The van der Waals surface area contributed by atoms with Crippen LogP contribution in [0, 0.1) is 5.82 Å². The van der Waals surface area contributed by atoms with Gasteiger partial charge in [0.15, 0.2) is 0 Å². The third kappa shape index (κ3) is 7.74. The molecule has 1 aliphatic heterocycles. The number of carbonyl (C=O) groups is 1. The maximum atomic E-state index is 13.3. The molecule has 0 radical (unpaired) electrons. The monoisotopic (exact) mass is 436 g/mol. The zero-order valence-electron chi connectivity index (χ0n) is 18.1. The van der Waals surface area contributed by atoms with Crippen LogP contribution >= 0.6 is 11.6 Å². The minimum absolute atomic E-state index is 0.113. The number of allylic oxidation sites excluding steroid dienone is 2. The molecular formula is C23H34ClFN4O. The van der Waals surface area contributed by atoms with Crippen LogP contribution in [0.1, 0.15) is 45.1 Å². The number of piperidine rings is 1. The molecule has 3 N–H and O–H groups in total. The lowest BCUT2D eigenvalue weighted by molar-refractivity contribution is -0.125. The fourth-order valence-corrected chi connectivity index (χ4v) is 3.68. The van der Waals surface area contributed by atoms with Crippen molar-refractivity contribution in [2.24, 2.45) is 0 Å². The molecule has 166 valence electrons. The molecule has 1 aromatic carbocycles. The molecule has 0 spiro atoms. The molecule has 1 aliphatic rings. The van der Waals surface area contributed by atoms with Gasteiger partial charge in [0.25, 0.3) is 5.91 Å². The van der Waals surface area contributed by atoms with Crippen molar-refractivity contribution in [2.45, 2.75) is 52.1 Å². The van der Waals surface area contributed by atoms with Crippen LogP contribution in [0.4, 0.5) is 4.39 Å². The summed E-state index contributed by atoms with van der Waals surface area (Å²) in [7, 11) is 0. The van der Waals surface area contributed by atoms with Gasteiger partial charge >= 0.3 is 0 Å². The van der Waals surface area contributed by atoms with Crippen molar-refractivity contribution >= 4 is 17.5 Å². The van der Waals surface area contributed by atoms with E-state index in [4.69, 9.17) is 11.6 Å². The zero-order valence-corrected chi connectivity index (χ0v) is 18.8. The normalized spacial score (nSPS) is 16.9. The molecule has 1 atom stereocenters. The number of hydrogen-bond acceptors (Lipinski definition) is 4. The minimum Gasteiger partial charge on any atom is -0.381 e. The van der Waals surface area contributed by atoms with Crippen molar-refractivity contribution in [1.29, 1.82) is 0 Å². The van der Waals surface area contributed by atoms with Crippen molar-refractivity contribution in [2.75, 3.05) is 26.2 Å². The van der Waals surface area contributed by atoms with Crippen LogP contribution in [-0.2, 0) is 11.3 Å². The standard InChI is InChI=1S/C23H34ClFN4O/c1-4-17(2)29(14-13-26-16-19-8-9-22(25)21(24)15-19)23(30)18(3)27-12-10-20-7-5-6-11-28-20/h4,8-9,15,20,26-28H,3,5-7,10-14,16H2,1-2H3/b17-4-. The Balaban J connectivity index is 1.79. The van der Waals surface area contributed by atoms with E-state index in [0.717, 1.165) is 30.8 Å². The largest absolute Gasteiger partial charge is 0.381 e. The Bertz CT molecular complexity index is 747. The van der Waals surface area contributed by atoms with Crippen LogP contribution in [0.5, 0.6) is 0 Å². The topological polar surface area (TPSA) is 56.4 Å². The van der Waals surface area contributed by atoms with E-state index in [9.17, 15) is 9.18 Å². The van der Waals surface area contributed by atoms with E-state index in [1.54, 1.807) is 17.0 Å². The molecular weight excluding hydrogens is 403 g/mol. The lowest BCUT2D eigenvalue weighted by Crippen LogP contribution is -2.40. The molecule has 1 amide bonds. The molecule has 1 saturated heterocycles. The van der Waals surface area contributed by atoms with Crippen LogP contribution in [0.25, 0.3) is 0 Å². The van der Waals surface area contributed by atoms with Gasteiger partial charge in [-0.25, -0.2) is 4.39 Å². The summed E-state index contributed by atoms with van der Waals surface area (Å²) >= 11 is 5.82. The zero-order chi connectivity index (χ0) is 21.9. The second-order valence-electron chi connectivity index (χ2n) is 7.65. The quantitative estimate of drug-likeness (QED) is 0.363. The van der Waals surface area contributed by atoms with Gasteiger partial charge in [0.05, 0.1) is 10.7 Å². The fourth-order valence-electron chi connectivity index (χ4n) is 3.47. The number of halogens is 2. The Morgan fingerprint density at radius 2 is 2.20 bits per heavy atom. The van der Waals surface area contributed by atoms with E-state index in [-0.39, 0.29) is 10.9 Å². The van der Waals surface area contributed by atoms with Gasteiger partial charge in [-0.15, -0.1) is 0 Å². The van der Waals surface area contributed by atoms with Gasteiger partial charge < -0.3 is 20.9 Å². The van der Waals surface area contributed by atoms with Gasteiger partial charge in [-0.3, -0.25) is 4.79 Å². The number of amides is 1. The van der Waals surface area contributed by atoms with Gasteiger partial charge in [0, 0.05) is 37.9 Å². The summed E-state index contributed by atoms with van der Waals surface area (Å²) in [6.45, 7) is 11.2. The van der Waals surface area contributed by atoms with Crippen LogP contribution in [-0.4, -0.2) is 43.0 Å². The van der Waals surface area contributed by atoms with Crippen LogP contribution < -0.4 is 16.0 Å². The average molecular weight is 437 g/mol. The first-order valence-corrected chi connectivity index (χ1v) is 11.1. The smallest absolute Gasteiger partial charge is 0.273 e. The van der Waals surface area contributed by atoms with Crippen LogP contribution in [0.15, 0.2) is 42.2 Å². The molecule has 5 nitrogen and oxygen atoms in total. The first-order valence-electron chi connectivity index (χ1n) is 10.7. The van der Waals surface area contributed by atoms with Crippen molar-refractivity contribution in [3.8, 4) is 0 Å². The number of benzene rings is 1. The number of rotatable bonds is 11. The van der Waals surface area contributed by atoms with E-state index in [2.05, 4.69) is 22.5 Å². The van der Waals surface area contributed by atoms with Crippen molar-refractivity contribution in [3.63, 3.8) is 0 Å². The summed E-state index contributed by atoms with van der Waals surface area (Å²) < 4.78 is 13.3. The third-order valence-electron chi connectivity index (χ3n) is 5.42. The number of nitrogens with zero attached hydrogens (tertiary/aromatic N) is 1. The van der Waals surface area contributed by atoms with Gasteiger partial charge in [0.2, 0.25) is 0 Å². The highest BCUT2D eigenvalue weighted by atomic mass is 35.5. The number of nitrogens with one attached hydrogen (secondary N) is 3. The lowest BCUT2D eigenvalue weighted by atomic mass is 10.0. The predicted molar refractivity (Wildman–Crippen MR) is 122 cm³/mol. The Hall–Kier alpha value is -1.89. The molecule has 0 bridgehead atoms. The van der Waals surface area contributed by atoms with Crippen molar-refractivity contribution in [3.05, 3.63) is 58.7 Å². The van der Waals surface area contributed by atoms with Gasteiger partial charge in [0.1, 0.15) is 5.82 Å². The summed E-state index contributed by atoms with van der Waals surface area (Å²) in [6, 6.07) is 5.18. The molecule has 1 unspecified atom stereocenters. The minimum atomic E-state index is -0.425. The van der Waals surface area contributed by atoms with E-state index in [1.807, 2.05) is 19.9 Å². The molecule has 7 heteroatoms. The van der Waals surface area contributed by atoms with Crippen LogP contribution in [0.2, 0.25) is 5.02 Å². The van der Waals surface area contributed by atoms with E-state index in [1.165, 1.54) is 25.3 Å². The van der Waals surface area contributed by atoms with Crippen LogP contribution in [0.3, 0.4) is 0 Å². The Kier molecular flexibility index (Phi) is 10.3. The maximum Gasteiger partial charge on any atom is 0.273 e. The summed E-state index contributed by atoms with van der Waals surface area (Å²) in [4.78, 5) is 14.6. The molecule has 1 fully saturated rings. The van der Waals surface area contributed by atoms with Crippen molar-refractivity contribution < 1.29 is 9.18 Å². The Morgan fingerprint density at radius 1 is 1.40 bits per heavy atom. The molecule has 0 aliphatic carbocycles. The second-order valence-corrected chi connectivity index (χ2v) is 8.06. The summed E-state index contributed by atoms with van der Waals surface area (Å²) in [5.41, 5.74) is 2.19. The molecule has 1 aromatic rings. The summed E-state index contributed by atoms with van der Waals surface area (Å²) in [5, 5.41) is 10.1. The molecule has 30 heavy (non-hydrogen) atoms. The highest BCUT2D eigenvalue weighted by Gasteiger charge is 2.18. The first kappa shape index (κ1) is 24.4. The van der Waals surface area contributed by atoms with Crippen molar-refractivity contribution in [1.82, 2.24) is 20.9 Å². The van der Waals surface area contributed by atoms with E-state index in [0.29, 0.717) is 31.4 Å². The van der Waals surface area contributed by atoms with Gasteiger partial charge in [-0.05, 0) is 57.4 Å². The maximum absolute atomic E-state index is 13.3. The Morgan fingerprint density at radius 3 is 2.87 bits per heavy atom. The molecule has 0 aromatic heterocycles. The summed E-state index contributed by atoms with van der Waals surface area (Å²) in [6.07, 6.45) is 6.60. The average Bonchev–Trinajstić information content (AvgIpc) is 2.76. The SMILES string of the molecule is C=C(NCCC1CCCCN1)C(=O)N(CCNCc1ccc(F)c(Cl)c1)/C(C)=C\C.